The quantitative estimate of drug-likeness (QED) is 0.378. The normalized spacial score (nSPS) is 14.2. The molecule has 1 aliphatic carbocycles. The van der Waals surface area contributed by atoms with Crippen LogP contribution in [0.5, 0.6) is 0 Å². The second kappa shape index (κ2) is 7.85. The SMILES string of the molecule is O=[N+]([O-])c1ccc(NC(=S)NNC(=S)NC2CCCC2)cc1. The van der Waals surface area contributed by atoms with Crippen molar-refractivity contribution in [1.82, 2.24) is 16.2 Å². The highest BCUT2D eigenvalue weighted by Crippen LogP contribution is 2.17. The molecule has 1 aromatic carbocycles. The summed E-state index contributed by atoms with van der Waals surface area (Å²) in [5.41, 5.74) is 6.28. The number of nitro benzene ring substituents is 1. The minimum absolute atomic E-state index is 0.0319. The molecule has 0 radical (unpaired) electrons. The number of nitro groups is 1. The number of nitrogens with zero attached hydrogens (tertiary/aromatic N) is 1. The van der Waals surface area contributed by atoms with E-state index in [0.29, 0.717) is 22.0 Å². The Balaban J connectivity index is 1.72. The highest BCUT2D eigenvalue weighted by Gasteiger charge is 2.15. The van der Waals surface area contributed by atoms with Crippen molar-refractivity contribution in [2.45, 2.75) is 31.7 Å². The van der Waals surface area contributed by atoms with Crippen LogP contribution in [0, 0.1) is 10.1 Å². The number of hydrogen-bond acceptors (Lipinski definition) is 4. The Morgan fingerprint density at radius 3 is 2.27 bits per heavy atom. The Labute approximate surface area is 139 Å². The Kier molecular flexibility index (Phi) is 5.84. The predicted octanol–water partition coefficient (Wildman–Crippen LogP) is 2.20. The highest BCUT2D eigenvalue weighted by molar-refractivity contribution is 7.80. The van der Waals surface area contributed by atoms with Gasteiger partial charge in [-0.2, -0.15) is 0 Å². The van der Waals surface area contributed by atoms with Gasteiger partial charge in [0.05, 0.1) is 4.92 Å². The van der Waals surface area contributed by atoms with Gasteiger partial charge in [-0.15, -0.1) is 0 Å². The largest absolute Gasteiger partial charge is 0.359 e. The van der Waals surface area contributed by atoms with Gasteiger partial charge in [-0.1, -0.05) is 12.8 Å². The van der Waals surface area contributed by atoms with E-state index in [1.54, 1.807) is 12.1 Å². The molecule has 0 saturated heterocycles. The van der Waals surface area contributed by atoms with E-state index in [1.165, 1.54) is 25.0 Å². The Morgan fingerprint density at radius 2 is 1.68 bits per heavy atom. The lowest BCUT2D eigenvalue weighted by atomic mass is 10.3. The van der Waals surface area contributed by atoms with Gasteiger partial charge in [-0.05, 0) is 49.4 Å². The molecule has 2 rings (SSSR count). The molecule has 0 heterocycles. The van der Waals surface area contributed by atoms with Crippen molar-refractivity contribution in [2.75, 3.05) is 5.32 Å². The number of benzene rings is 1. The van der Waals surface area contributed by atoms with E-state index in [1.807, 2.05) is 0 Å². The fraction of sp³-hybridized carbons (Fsp3) is 0.385. The highest BCUT2D eigenvalue weighted by atomic mass is 32.1. The zero-order valence-corrected chi connectivity index (χ0v) is 13.4. The van der Waals surface area contributed by atoms with Crippen LogP contribution in [0.4, 0.5) is 11.4 Å². The van der Waals surface area contributed by atoms with Crippen molar-refractivity contribution in [1.29, 1.82) is 0 Å². The van der Waals surface area contributed by atoms with E-state index in [2.05, 4.69) is 21.5 Å². The second-order valence-electron chi connectivity index (χ2n) is 4.96. The lowest BCUT2D eigenvalue weighted by Crippen LogP contribution is -2.50. The van der Waals surface area contributed by atoms with Crippen LogP contribution in [0.1, 0.15) is 25.7 Å². The van der Waals surface area contributed by atoms with Gasteiger partial charge in [0.1, 0.15) is 0 Å². The lowest BCUT2D eigenvalue weighted by Gasteiger charge is -2.17. The van der Waals surface area contributed by atoms with E-state index in [4.69, 9.17) is 24.4 Å². The number of rotatable bonds is 3. The van der Waals surface area contributed by atoms with Crippen molar-refractivity contribution in [3.05, 3.63) is 34.4 Å². The van der Waals surface area contributed by atoms with Crippen LogP contribution in [0.15, 0.2) is 24.3 Å². The molecule has 9 heteroatoms. The van der Waals surface area contributed by atoms with E-state index in [0.717, 1.165) is 12.8 Å². The molecular weight excluding hydrogens is 322 g/mol. The summed E-state index contributed by atoms with van der Waals surface area (Å²) < 4.78 is 0. The first kappa shape index (κ1) is 16.4. The zero-order chi connectivity index (χ0) is 15.9. The molecule has 7 nitrogen and oxygen atoms in total. The monoisotopic (exact) mass is 339 g/mol. The third-order valence-corrected chi connectivity index (χ3v) is 3.74. The summed E-state index contributed by atoms with van der Waals surface area (Å²) in [6.07, 6.45) is 4.72. The summed E-state index contributed by atoms with van der Waals surface area (Å²) in [6.45, 7) is 0. The molecule has 0 amide bonds. The first-order chi connectivity index (χ1) is 10.5. The number of anilines is 1. The van der Waals surface area contributed by atoms with Crippen LogP contribution in [0.25, 0.3) is 0 Å². The van der Waals surface area contributed by atoms with Gasteiger partial charge in [0.15, 0.2) is 10.2 Å². The van der Waals surface area contributed by atoms with Crippen molar-refractivity contribution in [2.24, 2.45) is 0 Å². The van der Waals surface area contributed by atoms with Gasteiger partial charge in [-0.25, -0.2) is 0 Å². The maximum absolute atomic E-state index is 10.6. The molecule has 4 N–H and O–H groups in total. The van der Waals surface area contributed by atoms with Crippen LogP contribution in [-0.4, -0.2) is 21.2 Å². The van der Waals surface area contributed by atoms with Crippen molar-refractivity contribution < 1.29 is 4.92 Å². The first-order valence-electron chi connectivity index (χ1n) is 6.92. The van der Waals surface area contributed by atoms with Gasteiger partial charge < -0.3 is 10.6 Å². The fourth-order valence-electron chi connectivity index (χ4n) is 2.23. The molecule has 22 heavy (non-hydrogen) atoms. The van der Waals surface area contributed by atoms with Crippen LogP contribution in [0.3, 0.4) is 0 Å². The average molecular weight is 339 g/mol. The van der Waals surface area contributed by atoms with Crippen LogP contribution in [-0.2, 0) is 0 Å². The maximum atomic E-state index is 10.6. The molecule has 0 unspecified atom stereocenters. The average Bonchev–Trinajstić information content (AvgIpc) is 2.98. The number of hydrogen-bond donors (Lipinski definition) is 4. The van der Waals surface area contributed by atoms with Gasteiger partial charge in [0.2, 0.25) is 0 Å². The molecule has 0 atom stereocenters. The molecular formula is C13H17N5O2S2. The molecule has 118 valence electrons. The lowest BCUT2D eigenvalue weighted by molar-refractivity contribution is -0.384. The van der Waals surface area contributed by atoms with Crippen LogP contribution >= 0.6 is 24.4 Å². The number of non-ortho nitro benzene ring substituents is 1. The second-order valence-corrected chi connectivity index (χ2v) is 5.78. The van der Waals surface area contributed by atoms with E-state index < -0.39 is 4.92 Å². The maximum Gasteiger partial charge on any atom is 0.269 e. The van der Waals surface area contributed by atoms with Crippen LogP contribution in [0.2, 0.25) is 0 Å². The third kappa shape index (κ3) is 5.08. The third-order valence-electron chi connectivity index (χ3n) is 3.32. The molecule has 1 saturated carbocycles. The molecule has 1 aromatic rings. The van der Waals surface area contributed by atoms with Gasteiger partial charge in [0, 0.05) is 23.9 Å². The summed E-state index contributed by atoms with van der Waals surface area (Å²) in [7, 11) is 0. The summed E-state index contributed by atoms with van der Waals surface area (Å²) in [6, 6.07) is 6.41. The zero-order valence-electron chi connectivity index (χ0n) is 11.8. The smallest absolute Gasteiger partial charge is 0.269 e. The Hall–Kier alpha value is -2.00. The molecule has 0 aliphatic heterocycles. The van der Waals surface area contributed by atoms with Gasteiger partial charge in [-0.3, -0.25) is 21.0 Å². The summed E-state index contributed by atoms with van der Waals surface area (Å²) in [5, 5.41) is 17.5. The van der Waals surface area contributed by atoms with E-state index in [9.17, 15) is 10.1 Å². The minimum atomic E-state index is -0.449. The standard InChI is InChI=1S/C13H17N5O2S2/c19-18(20)11-7-5-10(6-8-11)15-13(22)17-16-12(21)14-9-3-1-2-4-9/h5-9H,1-4H2,(H2,14,16,21)(H2,15,17,22). The molecule has 0 spiro atoms. The minimum Gasteiger partial charge on any atom is -0.359 e. The summed E-state index contributed by atoms with van der Waals surface area (Å²) >= 11 is 10.3. The van der Waals surface area contributed by atoms with Gasteiger partial charge >= 0.3 is 0 Å². The van der Waals surface area contributed by atoms with E-state index >= 15 is 0 Å². The fourth-order valence-corrected chi connectivity index (χ4v) is 2.62. The topological polar surface area (TPSA) is 91.3 Å². The molecule has 0 bridgehead atoms. The molecule has 0 aromatic heterocycles. The van der Waals surface area contributed by atoms with Crippen molar-refractivity contribution in [3.8, 4) is 0 Å². The van der Waals surface area contributed by atoms with Crippen molar-refractivity contribution >= 4 is 46.0 Å². The molecule has 1 aliphatic rings. The summed E-state index contributed by atoms with van der Waals surface area (Å²) in [4.78, 5) is 10.1. The molecule has 1 fully saturated rings. The number of hydrazine groups is 1. The number of thiocarbonyl (C=S) groups is 2. The first-order valence-corrected chi connectivity index (χ1v) is 7.74. The summed E-state index contributed by atoms with van der Waals surface area (Å²) in [5.74, 6) is 0. The Morgan fingerprint density at radius 1 is 1.09 bits per heavy atom. The number of nitrogens with one attached hydrogen (secondary N) is 4. The van der Waals surface area contributed by atoms with Crippen molar-refractivity contribution in [3.63, 3.8) is 0 Å². The Bertz CT molecular complexity index is 558. The van der Waals surface area contributed by atoms with Crippen LogP contribution < -0.4 is 21.5 Å². The predicted molar refractivity (Wildman–Crippen MR) is 93.6 cm³/mol. The van der Waals surface area contributed by atoms with Gasteiger partial charge in [0.25, 0.3) is 5.69 Å². The van der Waals surface area contributed by atoms with E-state index in [-0.39, 0.29) is 5.69 Å².